The van der Waals surface area contributed by atoms with Gasteiger partial charge in [0.25, 0.3) is 0 Å². The summed E-state index contributed by atoms with van der Waals surface area (Å²) in [6.07, 6.45) is 0. The first kappa shape index (κ1) is 11.6. The third kappa shape index (κ3) is 2.44. The molecular formula is C14H18N2O. The van der Waals surface area contributed by atoms with E-state index in [4.69, 9.17) is 10.2 Å². The maximum atomic E-state index is 5.88. The van der Waals surface area contributed by atoms with Crippen LogP contribution in [0.1, 0.15) is 30.0 Å². The largest absolute Gasteiger partial charge is 0.464 e. The molecule has 0 aliphatic carbocycles. The van der Waals surface area contributed by atoms with E-state index < -0.39 is 0 Å². The van der Waals surface area contributed by atoms with Crippen LogP contribution in [0, 0.1) is 13.8 Å². The van der Waals surface area contributed by atoms with Crippen LogP contribution in [-0.2, 0) is 0 Å². The third-order valence-electron chi connectivity index (χ3n) is 2.94. The number of nitrogen functional groups attached to an aromatic ring is 1. The molecule has 0 aliphatic rings. The second kappa shape index (κ2) is 4.53. The number of hydrogen-bond donors (Lipinski definition) is 2. The van der Waals surface area contributed by atoms with Crippen molar-refractivity contribution >= 4 is 11.4 Å². The Morgan fingerprint density at radius 1 is 1.18 bits per heavy atom. The molecule has 1 aromatic carbocycles. The molecule has 0 radical (unpaired) electrons. The van der Waals surface area contributed by atoms with Crippen LogP contribution in [0.15, 0.2) is 34.7 Å². The van der Waals surface area contributed by atoms with E-state index >= 15 is 0 Å². The molecule has 17 heavy (non-hydrogen) atoms. The molecule has 0 amide bonds. The Hall–Kier alpha value is -1.90. The molecule has 90 valence electrons. The summed E-state index contributed by atoms with van der Waals surface area (Å²) in [6, 6.07) is 9.98. The molecule has 1 heterocycles. The summed E-state index contributed by atoms with van der Waals surface area (Å²) >= 11 is 0. The molecule has 3 N–H and O–H groups in total. The molecule has 0 bridgehead atoms. The fraction of sp³-hybridized carbons (Fsp3) is 0.286. The van der Waals surface area contributed by atoms with Crippen LogP contribution in [0.25, 0.3) is 0 Å². The zero-order valence-electron chi connectivity index (χ0n) is 10.4. The number of rotatable bonds is 3. The minimum absolute atomic E-state index is 0.129. The van der Waals surface area contributed by atoms with Gasteiger partial charge in [-0.1, -0.05) is 6.07 Å². The molecule has 1 atom stereocenters. The number of nitrogens with one attached hydrogen (secondary N) is 1. The number of nitrogens with two attached hydrogens (primary N) is 1. The highest BCUT2D eigenvalue weighted by molar-refractivity contribution is 5.63. The second-order valence-electron chi connectivity index (χ2n) is 4.33. The van der Waals surface area contributed by atoms with E-state index in [1.165, 1.54) is 0 Å². The highest BCUT2D eigenvalue weighted by Crippen LogP contribution is 2.26. The molecule has 1 aromatic heterocycles. The van der Waals surface area contributed by atoms with E-state index in [0.29, 0.717) is 0 Å². The van der Waals surface area contributed by atoms with Crippen LogP contribution in [0.4, 0.5) is 11.4 Å². The molecule has 3 heteroatoms. The van der Waals surface area contributed by atoms with Gasteiger partial charge in [-0.05, 0) is 50.6 Å². The SMILES string of the molecule is Cc1ccc(C(C)Nc2cccc(N)c2C)o1. The summed E-state index contributed by atoms with van der Waals surface area (Å²) in [5.74, 6) is 1.86. The van der Waals surface area contributed by atoms with Crippen LogP contribution in [0.2, 0.25) is 0 Å². The van der Waals surface area contributed by atoms with Crippen LogP contribution in [0.3, 0.4) is 0 Å². The number of anilines is 2. The van der Waals surface area contributed by atoms with Gasteiger partial charge < -0.3 is 15.5 Å². The molecule has 0 aliphatic heterocycles. The minimum Gasteiger partial charge on any atom is -0.464 e. The number of hydrogen-bond acceptors (Lipinski definition) is 3. The second-order valence-corrected chi connectivity index (χ2v) is 4.33. The number of furan rings is 1. The predicted molar refractivity (Wildman–Crippen MR) is 71.1 cm³/mol. The molecule has 2 aromatic rings. The average Bonchev–Trinajstić information content (AvgIpc) is 2.72. The fourth-order valence-corrected chi connectivity index (χ4v) is 1.80. The molecular weight excluding hydrogens is 212 g/mol. The van der Waals surface area contributed by atoms with Gasteiger partial charge in [-0.15, -0.1) is 0 Å². The van der Waals surface area contributed by atoms with Crippen molar-refractivity contribution in [2.45, 2.75) is 26.8 Å². The highest BCUT2D eigenvalue weighted by atomic mass is 16.3. The van der Waals surface area contributed by atoms with Crippen molar-refractivity contribution in [2.75, 3.05) is 11.1 Å². The molecule has 0 saturated carbocycles. The van der Waals surface area contributed by atoms with E-state index in [-0.39, 0.29) is 6.04 Å². The van der Waals surface area contributed by atoms with Crippen molar-refractivity contribution in [3.63, 3.8) is 0 Å². The monoisotopic (exact) mass is 230 g/mol. The van der Waals surface area contributed by atoms with Crippen molar-refractivity contribution in [3.8, 4) is 0 Å². The van der Waals surface area contributed by atoms with E-state index in [9.17, 15) is 0 Å². The van der Waals surface area contributed by atoms with Crippen molar-refractivity contribution in [1.82, 2.24) is 0 Å². The molecule has 3 nitrogen and oxygen atoms in total. The van der Waals surface area contributed by atoms with Crippen LogP contribution < -0.4 is 11.1 Å². The van der Waals surface area contributed by atoms with Gasteiger partial charge in [0.1, 0.15) is 11.5 Å². The first-order chi connectivity index (χ1) is 8.08. The van der Waals surface area contributed by atoms with Crippen molar-refractivity contribution in [3.05, 3.63) is 47.4 Å². The summed E-state index contributed by atoms with van der Waals surface area (Å²) < 4.78 is 5.59. The first-order valence-corrected chi connectivity index (χ1v) is 5.76. The first-order valence-electron chi connectivity index (χ1n) is 5.76. The highest BCUT2D eigenvalue weighted by Gasteiger charge is 2.10. The van der Waals surface area contributed by atoms with Gasteiger partial charge in [-0.3, -0.25) is 0 Å². The third-order valence-corrected chi connectivity index (χ3v) is 2.94. The fourth-order valence-electron chi connectivity index (χ4n) is 1.80. The van der Waals surface area contributed by atoms with Gasteiger partial charge in [-0.25, -0.2) is 0 Å². The molecule has 0 saturated heterocycles. The van der Waals surface area contributed by atoms with Crippen molar-refractivity contribution < 1.29 is 4.42 Å². The molecule has 0 spiro atoms. The number of benzene rings is 1. The lowest BCUT2D eigenvalue weighted by molar-refractivity contribution is 0.467. The van der Waals surface area contributed by atoms with Crippen LogP contribution >= 0.6 is 0 Å². The maximum Gasteiger partial charge on any atom is 0.126 e. The van der Waals surface area contributed by atoms with Crippen LogP contribution in [-0.4, -0.2) is 0 Å². The van der Waals surface area contributed by atoms with Gasteiger partial charge >= 0.3 is 0 Å². The lowest BCUT2D eigenvalue weighted by Gasteiger charge is -2.16. The van der Waals surface area contributed by atoms with Crippen molar-refractivity contribution in [2.24, 2.45) is 0 Å². The Morgan fingerprint density at radius 2 is 1.94 bits per heavy atom. The Morgan fingerprint density at radius 3 is 2.59 bits per heavy atom. The summed E-state index contributed by atoms with van der Waals surface area (Å²) in [5.41, 5.74) is 8.80. The Kier molecular flexibility index (Phi) is 3.09. The van der Waals surface area contributed by atoms with Gasteiger partial charge in [0.05, 0.1) is 6.04 Å². The average molecular weight is 230 g/mol. The van der Waals surface area contributed by atoms with E-state index in [1.54, 1.807) is 0 Å². The van der Waals surface area contributed by atoms with Gasteiger partial charge in [0.15, 0.2) is 0 Å². The lowest BCUT2D eigenvalue weighted by atomic mass is 10.1. The van der Waals surface area contributed by atoms with Gasteiger partial charge in [0.2, 0.25) is 0 Å². The zero-order valence-corrected chi connectivity index (χ0v) is 10.4. The lowest BCUT2D eigenvalue weighted by Crippen LogP contribution is -2.07. The Labute approximate surface area is 102 Å². The van der Waals surface area contributed by atoms with E-state index in [1.807, 2.05) is 44.2 Å². The summed E-state index contributed by atoms with van der Waals surface area (Å²) in [6.45, 7) is 6.03. The van der Waals surface area contributed by atoms with E-state index in [2.05, 4.69) is 12.2 Å². The molecule has 2 rings (SSSR count). The van der Waals surface area contributed by atoms with E-state index in [0.717, 1.165) is 28.5 Å². The topological polar surface area (TPSA) is 51.2 Å². The van der Waals surface area contributed by atoms with Crippen LogP contribution in [0.5, 0.6) is 0 Å². The molecule has 0 fully saturated rings. The number of aryl methyl sites for hydroxylation is 1. The summed E-state index contributed by atoms with van der Waals surface area (Å²) in [5, 5.41) is 3.41. The minimum atomic E-state index is 0.129. The predicted octanol–water partition coefficient (Wildman–Crippen LogP) is 3.65. The van der Waals surface area contributed by atoms with Gasteiger partial charge in [-0.2, -0.15) is 0 Å². The Balaban J connectivity index is 2.18. The zero-order chi connectivity index (χ0) is 12.4. The summed E-state index contributed by atoms with van der Waals surface area (Å²) in [7, 11) is 0. The summed E-state index contributed by atoms with van der Waals surface area (Å²) in [4.78, 5) is 0. The normalized spacial score (nSPS) is 12.4. The smallest absolute Gasteiger partial charge is 0.126 e. The molecule has 1 unspecified atom stereocenters. The quantitative estimate of drug-likeness (QED) is 0.791. The van der Waals surface area contributed by atoms with Crippen molar-refractivity contribution in [1.29, 1.82) is 0 Å². The maximum absolute atomic E-state index is 5.88. The standard InChI is InChI=1S/C14H18N2O/c1-9-7-8-14(17-9)11(3)16-13-6-4-5-12(15)10(13)2/h4-8,11,16H,15H2,1-3H3. The van der Waals surface area contributed by atoms with Gasteiger partial charge in [0, 0.05) is 11.4 Å². The Bertz CT molecular complexity index is 517.